The van der Waals surface area contributed by atoms with Crippen LogP contribution in [0.4, 0.5) is 0 Å². The van der Waals surface area contributed by atoms with Crippen molar-refractivity contribution in [2.24, 2.45) is 0 Å². The van der Waals surface area contributed by atoms with E-state index in [0.717, 1.165) is 0 Å². The van der Waals surface area contributed by atoms with Gasteiger partial charge in [-0.2, -0.15) is 0 Å². The Morgan fingerprint density at radius 2 is 2.00 bits per heavy atom. The Hall–Kier alpha value is -0.620. The smallest absolute Gasteiger partial charge is 0.311 e. The average Bonchev–Trinajstić information content (AvgIpc) is 2.27. The van der Waals surface area contributed by atoms with Crippen molar-refractivity contribution in [1.29, 1.82) is 0 Å². The molecule has 0 radical (unpaired) electrons. The number of unbranched alkanes of at least 4 members (excludes halogenated alkanes) is 1. The number of rotatable bonds is 7. The molecule has 0 bridgehead atoms. The molecule has 5 heteroatoms. The highest BCUT2D eigenvalue weighted by molar-refractivity contribution is 7.55. The summed E-state index contributed by atoms with van der Waals surface area (Å²) >= 11 is 0. The molecular weight excluding hydrogens is 215 g/mol. The van der Waals surface area contributed by atoms with Crippen LogP contribution in [0, 0.1) is 12.3 Å². The van der Waals surface area contributed by atoms with Crippen molar-refractivity contribution in [3.8, 4) is 12.3 Å². The molecule has 1 unspecified atom stereocenters. The summed E-state index contributed by atoms with van der Waals surface area (Å²) < 4.78 is 21.3. The number of terminal acetylenes is 1. The maximum Gasteiger partial charge on any atom is 0.340 e. The summed E-state index contributed by atoms with van der Waals surface area (Å²) in [6, 6.07) is 0. The van der Waals surface area contributed by atoms with E-state index < -0.39 is 13.3 Å². The topological polar surface area (TPSA) is 52.6 Å². The zero-order valence-electron chi connectivity index (χ0n) is 9.36. The molecule has 0 N–H and O–H groups in total. The van der Waals surface area contributed by atoms with Crippen molar-refractivity contribution in [3.05, 3.63) is 0 Å². The minimum atomic E-state index is -3.28. The first kappa shape index (κ1) is 14.4. The second-order valence-corrected chi connectivity index (χ2v) is 5.69. The monoisotopic (exact) mass is 232 g/mol. The standard InChI is InChI=1S/C10H17O4P/c1-5-6-7-8-10(11)9(2)15(12,13-3)14-4/h1,9H,6-8H2,2-4H3. The van der Waals surface area contributed by atoms with E-state index in [9.17, 15) is 9.36 Å². The molecular formula is C10H17O4P. The Morgan fingerprint density at radius 3 is 2.40 bits per heavy atom. The fraction of sp³-hybridized carbons (Fsp3) is 0.700. The predicted octanol–water partition coefficient (Wildman–Crippen LogP) is 2.23. The van der Waals surface area contributed by atoms with E-state index in [0.29, 0.717) is 19.3 Å². The molecule has 4 nitrogen and oxygen atoms in total. The van der Waals surface area contributed by atoms with Crippen LogP contribution in [0.1, 0.15) is 26.2 Å². The minimum absolute atomic E-state index is 0.141. The third-order valence-electron chi connectivity index (χ3n) is 2.19. The lowest BCUT2D eigenvalue weighted by molar-refractivity contribution is -0.118. The summed E-state index contributed by atoms with van der Waals surface area (Å²) in [5.74, 6) is 2.30. The highest BCUT2D eigenvalue weighted by atomic mass is 31.2. The molecule has 0 aromatic heterocycles. The van der Waals surface area contributed by atoms with Gasteiger partial charge in [0.2, 0.25) is 0 Å². The van der Waals surface area contributed by atoms with Gasteiger partial charge in [-0.05, 0) is 13.3 Å². The normalized spacial score (nSPS) is 13.2. The Morgan fingerprint density at radius 1 is 1.47 bits per heavy atom. The zero-order valence-corrected chi connectivity index (χ0v) is 10.3. The number of carbonyl (C=O) groups is 1. The lowest BCUT2D eigenvalue weighted by atomic mass is 10.1. The zero-order chi connectivity index (χ0) is 11.9. The van der Waals surface area contributed by atoms with Crippen molar-refractivity contribution < 1.29 is 18.4 Å². The fourth-order valence-corrected chi connectivity index (χ4v) is 2.40. The second kappa shape index (κ2) is 6.79. The van der Waals surface area contributed by atoms with Gasteiger partial charge in [0.1, 0.15) is 11.4 Å². The van der Waals surface area contributed by atoms with E-state index in [2.05, 4.69) is 5.92 Å². The molecule has 0 saturated carbocycles. The third kappa shape index (κ3) is 4.17. The minimum Gasteiger partial charge on any atom is -0.311 e. The lowest BCUT2D eigenvalue weighted by Gasteiger charge is -2.19. The molecule has 0 aliphatic rings. The summed E-state index contributed by atoms with van der Waals surface area (Å²) in [4.78, 5) is 11.6. The fourth-order valence-electron chi connectivity index (χ4n) is 1.14. The number of hydrogen-bond donors (Lipinski definition) is 0. The van der Waals surface area contributed by atoms with Gasteiger partial charge >= 0.3 is 7.60 Å². The molecule has 0 fully saturated rings. The first-order chi connectivity index (χ1) is 7.01. The van der Waals surface area contributed by atoms with Gasteiger partial charge in [-0.25, -0.2) is 0 Å². The molecule has 0 amide bonds. The molecule has 0 aromatic carbocycles. The maximum atomic E-state index is 11.8. The third-order valence-corrected chi connectivity index (χ3v) is 4.45. The van der Waals surface area contributed by atoms with Gasteiger partial charge in [-0.15, -0.1) is 12.3 Å². The van der Waals surface area contributed by atoms with Crippen LogP contribution in [0.2, 0.25) is 0 Å². The Bertz CT molecular complexity index is 284. The van der Waals surface area contributed by atoms with Gasteiger partial charge < -0.3 is 9.05 Å². The van der Waals surface area contributed by atoms with Gasteiger partial charge in [-0.3, -0.25) is 9.36 Å². The largest absolute Gasteiger partial charge is 0.340 e. The number of Topliss-reactive ketones (excluding diaryl/α,β-unsaturated/α-hetero) is 1. The van der Waals surface area contributed by atoms with E-state index in [-0.39, 0.29) is 5.78 Å². The van der Waals surface area contributed by atoms with Gasteiger partial charge in [0.05, 0.1) is 0 Å². The van der Waals surface area contributed by atoms with Gasteiger partial charge in [0.25, 0.3) is 0 Å². The summed E-state index contributed by atoms with van der Waals surface area (Å²) in [5.41, 5.74) is -0.731. The molecule has 0 rings (SSSR count). The molecule has 0 aliphatic carbocycles. The van der Waals surface area contributed by atoms with E-state index in [4.69, 9.17) is 15.5 Å². The molecule has 0 spiro atoms. The van der Waals surface area contributed by atoms with Gasteiger partial charge in [0, 0.05) is 27.1 Å². The average molecular weight is 232 g/mol. The summed E-state index contributed by atoms with van der Waals surface area (Å²) in [5, 5.41) is 0. The number of ketones is 1. The van der Waals surface area contributed by atoms with Crippen molar-refractivity contribution in [2.45, 2.75) is 31.8 Å². The van der Waals surface area contributed by atoms with Crippen molar-refractivity contribution >= 4 is 13.4 Å². The van der Waals surface area contributed by atoms with Crippen LogP contribution >= 0.6 is 7.60 Å². The molecule has 86 valence electrons. The number of hydrogen-bond acceptors (Lipinski definition) is 4. The molecule has 1 atom stereocenters. The summed E-state index contributed by atoms with van der Waals surface area (Å²) in [7, 11) is -0.732. The van der Waals surface area contributed by atoms with E-state index >= 15 is 0 Å². The van der Waals surface area contributed by atoms with Crippen molar-refractivity contribution in [1.82, 2.24) is 0 Å². The van der Waals surface area contributed by atoms with Crippen LogP contribution in [0.15, 0.2) is 0 Å². The molecule has 0 heterocycles. The molecule has 15 heavy (non-hydrogen) atoms. The van der Waals surface area contributed by atoms with E-state index in [1.807, 2.05) is 0 Å². The van der Waals surface area contributed by atoms with E-state index in [1.54, 1.807) is 6.92 Å². The Labute approximate surface area is 90.9 Å². The van der Waals surface area contributed by atoms with Crippen LogP contribution in [-0.4, -0.2) is 25.7 Å². The van der Waals surface area contributed by atoms with Crippen LogP contribution in [0.3, 0.4) is 0 Å². The molecule has 0 saturated heterocycles. The highest BCUT2D eigenvalue weighted by Crippen LogP contribution is 2.51. The lowest BCUT2D eigenvalue weighted by Crippen LogP contribution is -2.18. The molecule has 0 aromatic rings. The summed E-state index contributed by atoms with van der Waals surface area (Å²) in [6.45, 7) is 1.55. The van der Waals surface area contributed by atoms with Crippen molar-refractivity contribution in [2.75, 3.05) is 14.2 Å². The first-order valence-corrected chi connectivity index (χ1v) is 6.30. The maximum absolute atomic E-state index is 11.8. The van der Waals surface area contributed by atoms with Crippen molar-refractivity contribution in [3.63, 3.8) is 0 Å². The van der Waals surface area contributed by atoms with Gasteiger partial charge in [0.15, 0.2) is 0 Å². The Balaban J connectivity index is 4.31. The molecule has 0 aliphatic heterocycles. The second-order valence-electron chi connectivity index (χ2n) is 3.10. The van der Waals surface area contributed by atoms with E-state index in [1.165, 1.54) is 14.2 Å². The van der Waals surface area contributed by atoms with Crippen LogP contribution in [-0.2, 0) is 18.4 Å². The van der Waals surface area contributed by atoms with Gasteiger partial charge in [-0.1, -0.05) is 0 Å². The predicted molar refractivity (Wildman–Crippen MR) is 58.8 cm³/mol. The highest BCUT2D eigenvalue weighted by Gasteiger charge is 2.34. The van der Waals surface area contributed by atoms with Crippen LogP contribution in [0.25, 0.3) is 0 Å². The first-order valence-electron chi connectivity index (χ1n) is 4.69. The summed E-state index contributed by atoms with van der Waals surface area (Å²) in [6.07, 6.45) is 6.52. The van der Waals surface area contributed by atoms with Crippen LogP contribution < -0.4 is 0 Å². The number of carbonyl (C=O) groups excluding carboxylic acids is 1. The van der Waals surface area contributed by atoms with Crippen LogP contribution in [0.5, 0.6) is 0 Å². The Kier molecular flexibility index (Phi) is 6.51. The SMILES string of the molecule is C#CCCCC(=O)C(C)P(=O)(OC)OC. The quantitative estimate of drug-likeness (QED) is 0.383.